The van der Waals surface area contributed by atoms with Crippen molar-refractivity contribution in [3.05, 3.63) is 168 Å². The van der Waals surface area contributed by atoms with Crippen LogP contribution >= 0.6 is 0 Å². The van der Waals surface area contributed by atoms with E-state index >= 15 is 0 Å². The summed E-state index contributed by atoms with van der Waals surface area (Å²) in [5, 5.41) is 15.5. The van der Waals surface area contributed by atoms with Crippen LogP contribution in [0.25, 0.3) is 77.2 Å². The first kappa shape index (κ1) is 27.7. The van der Waals surface area contributed by atoms with Gasteiger partial charge in [-0.2, -0.15) is 5.26 Å². The Morgan fingerprint density at radius 2 is 1.10 bits per heavy atom. The Labute approximate surface area is 284 Å². The van der Waals surface area contributed by atoms with Crippen LogP contribution in [0.3, 0.4) is 0 Å². The molecule has 0 N–H and O–H groups in total. The van der Waals surface area contributed by atoms with Crippen LogP contribution in [-0.4, -0.2) is 9.13 Å². The molecule has 3 heteroatoms. The smallest absolute Gasteiger partial charge is 0.101 e. The standard InChI is InChI=1S/C46H31N3/c1-46(2)37-15-7-3-13-35(37)44-38(46)24-26-43-45(44)36-14-6-10-18-42(36)49(43)39-25-21-30(27-31(39)28-47)29-19-22-32(23-20-29)48-40-16-8-4-11-33(40)34-12-5-9-17-41(34)48/h3-27H,1-2H3. The highest BCUT2D eigenvalue weighted by Gasteiger charge is 2.37. The summed E-state index contributed by atoms with van der Waals surface area (Å²) < 4.78 is 4.61. The highest BCUT2D eigenvalue weighted by atomic mass is 15.0. The zero-order valence-electron chi connectivity index (χ0n) is 27.3. The van der Waals surface area contributed by atoms with E-state index < -0.39 is 0 Å². The highest BCUT2D eigenvalue weighted by Crippen LogP contribution is 2.53. The number of benzene rings is 7. The van der Waals surface area contributed by atoms with Crippen molar-refractivity contribution in [3.8, 4) is 39.7 Å². The van der Waals surface area contributed by atoms with E-state index in [0.717, 1.165) is 33.5 Å². The number of para-hydroxylation sites is 3. The quantitative estimate of drug-likeness (QED) is 0.192. The monoisotopic (exact) mass is 625 g/mol. The van der Waals surface area contributed by atoms with Crippen LogP contribution in [0.1, 0.15) is 30.5 Å². The second-order valence-corrected chi connectivity index (χ2v) is 13.7. The molecule has 0 radical (unpaired) electrons. The van der Waals surface area contributed by atoms with E-state index in [1.54, 1.807) is 0 Å². The molecule has 230 valence electrons. The zero-order chi connectivity index (χ0) is 32.9. The van der Waals surface area contributed by atoms with Crippen LogP contribution in [0.2, 0.25) is 0 Å². The molecule has 0 fully saturated rings. The molecule has 0 aliphatic heterocycles. The number of fused-ring (bicyclic) bond motifs is 10. The lowest BCUT2D eigenvalue weighted by molar-refractivity contribution is 0.661. The fourth-order valence-electron chi connectivity index (χ4n) is 8.52. The molecular weight excluding hydrogens is 595 g/mol. The average molecular weight is 626 g/mol. The molecule has 10 rings (SSSR count). The molecule has 2 aromatic heterocycles. The molecule has 0 unspecified atom stereocenters. The van der Waals surface area contributed by atoms with Crippen LogP contribution < -0.4 is 0 Å². The molecule has 7 aromatic carbocycles. The van der Waals surface area contributed by atoms with E-state index in [4.69, 9.17) is 0 Å². The van der Waals surface area contributed by atoms with Crippen LogP contribution in [0, 0.1) is 11.3 Å². The topological polar surface area (TPSA) is 33.6 Å². The summed E-state index contributed by atoms with van der Waals surface area (Å²) >= 11 is 0. The molecule has 0 spiro atoms. The Morgan fingerprint density at radius 1 is 0.510 bits per heavy atom. The first-order chi connectivity index (χ1) is 24.0. The van der Waals surface area contributed by atoms with Crippen molar-refractivity contribution >= 4 is 43.6 Å². The summed E-state index contributed by atoms with van der Waals surface area (Å²) in [6.07, 6.45) is 0. The maximum absolute atomic E-state index is 10.6. The number of hydrogen-bond donors (Lipinski definition) is 0. The van der Waals surface area contributed by atoms with Crippen LogP contribution in [0.5, 0.6) is 0 Å². The third kappa shape index (κ3) is 3.77. The van der Waals surface area contributed by atoms with E-state index in [1.165, 1.54) is 54.8 Å². The Hall–Kier alpha value is -6.37. The van der Waals surface area contributed by atoms with E-state index in [0.29, 0.717) is 5.56 Å². The van der Waals surface area contributed by atoms with E-state index in [9.17, 15) is 5.26 Å². The lowest BCUT2D eigenvalue weighted by Gasteiger charge is -2.21. The van der Waals surface area contributed by atoms with Gasteiger partial charge in [0, 0.05) is 32.6 Å². The molecular formula is C46H31N3. The molecule has 0 amide bonds. The molecule has 1 aliphatic rings. The minimum absolute atomic E-state index is 0.0835. The molecule has 1 aliphatic carbocycles. The first-order valence-corrected chi connectivity index (χ1v) is 16.8. The summed E-state index contributed by atoms with van der Waals surface area (Å²) in [4.78, 5) is 0. The zero-order valence-corrected chi connectivity index (χ0v) is 27.3. The van der Waals surface area contributed by atoms with Gasteiger partial charge >= 0.3 is 0 Å². The van der Waals surface area contributed by atoms with Gasteiger partial charge in [-0.05, 0) is 81.9 Å². The van der Waals surface area contributed by atoms with Crippen molar-refractivity contribution in [1.82, 2.24) is 9.13 Å². The van der Waals surface area contributed by atoms with Crippen molar-refractivity contribution in [2.75, 3.05) is 0 Å². The second kappa shape index (κ2) is 10.1. The largest absolute Gasteiger partial charge is 0.309 e. The van der Waals surface area contributed by atoms with Gasteiger partial charge in [0.15, 0.2) is 0 Å². The molecule has 0 saturated carbocycles. The van der Waals surface area contributed by atoms with Gasteiger partial charge in [-0.1, -0.05) is 117 Å². The number of aromatic nitrogens is 2. The third-order valence-electron chi connectivity index (χ3n) is 10.8. The van der Waals surface area contributed by atoms with Crippen LogP contribution in [0.15, 0.2) is 152 Å². The summed E-state index contributed by atoms with van der Waals surface area (Å²) in [5.41, 5.74) is 14.6. The van der Waals surface area contributed by atoms with Crippen molar-refractivity contribution < 1.29 is 0 Å². The molecule has 3 nitrogen and oxygen atoms in total. The molecule has 0 bridgehead atoms. The Kier molecular flexibility index (Phi) is 5.69. The van der Waals surface area contributed by atoms with Crippen molar-refractivity contribution in [3.63, 3.8) is 0 Å². The van der Waals surface area contributed by atoms with E-state index in [1.807, 2.05) is 6.07 Å². The van der Waals surface area contributed by atoms with Gasteiger partial charge in [-0.15, -0.1) is 0 Å². The number of hydrogen-bond acceptors (Lipinski definition) is 1. The Morgan fingerprint density at radius 3 is 1.80 bits per heavy atom. The summed E-state index contributed by atoms with van der Waals surface area (Å²) in [6, 6.07) is 56.7. The molecule has 9 aromatic rings. The van der Waals surface area contributed by atoms with Gasteiger partial charge in [-0.25, -0.2) is 0 Å². The minimum atomic E-state index is -0.0835. The Bertz CT molecular complexity index is 2800. The molecule has 0 saturated heterocycles. The minimum Gasteiger partial charge on any atom is -0.309 e. The van der Waals surface area contributed by atoms with Crippen molar-refractivity contribution in [1.29, 1.82) is 5.26 Å². The predicted molar refractivity (Wildman–Crippen MR) is 203 cm³/mol. The van der Waals surface area contributed by atoms with Crippen molar-refractivity contribution in [2.45, 2.75) is 19.3 Å². The van der Waals surface area contributed by atoms with Gasteiger partial charge in [0.2, 0.25) is 0 Å². The predicted octanol–water partition coefficient (Wildman–Crippen LogP) is 11.7. The Balaban J connectivity index is 1.12. The molecule has 0 atom stereocenters. The van der Waals surface area contributed by atoms with Gasteiger partial charge in [0.1, 0.15) is 6.07 Å². The lowest BCUT2D eigenvalue weighted by Crippen LogP contribution is -2.14. The summed E-state index contributed by atoms with van der Waals surface area (Å²) in [6.45, 7) is 4.65. The first-order valence-electron chi connectivity index (χ1n) is 16.8. The fourth-order valence-corrected chi connectivity index (χ4v) is 8.52. The number of nitrogens with zero attached hydrogens (tertiary/aromatic N) is 3. The van der Waals surface area contributed by atoms with E-state index in [-0.39, 0.29) is 5.41 Å². The highest BCUT2D eigenvalue weighted by molar-refractivity contribution is 6.18. The normalized spacial score (nSPS) is 13.2. The van der Waals surface area contributed by atoms with Gasteiger partial charge in [0.25, 0.3) is 0 Å². The van der Waals surface area contributed by atoms with Gasteiger partial charge in [-0.3, -0.25) is 0 Å². The molecule has 49 heavy (non-hydrogen) atoms. The van der Waals surface area contributed by atoms with Crippen LogP contribution in [-0.2, 0) is 5.41 Å². The number of nitriles is 1. The maximum Gasteiger partial charge on any atom is 0.101 e. The number of rotatable bonds is 3. The van der Waals surface area contributed by atoms with Crippen molar-refractivity contribution in [2.24, 2.45) is 0 Å². The van der Waals surface area contributed by atoms with E-state index in [2.05, 4.69) is 175 Å². The fraction of sp³-hybridized carbons (Fsp3) is 0.0652. The SMILES string of the molecule is CC1(C)c2ccccc2-c2c1ccc1c2c2ccccc2n1-c1ccc(-c2ccc(-n3c4ccccc4c4ccccc43)cc2)cc1C#N. The van der Waals surface area contributed by atoms with Gasteiger partial charge in [0.05, 0.1) is 33.3 Å². The summed E-state index contributed by atoms with van der Waals surface area (Å²) in [5.74, 6) is 0. The molecule has 2 heterocycles. The average Bonchev–Trinajstić information content (AvgIpc) is 3.75. The van der Waals surface area contributed by atoms with Crippen LogP contribution in [0.4, 0.5) is 0 Å². The second-order valence-electron chi connectivity index (χ2n) is 13.7. The van der Waals surface area contributed by atoms with Gasteiger partial charge < -0.3 is 9.13 Å². The maximum atomic E-state index is 10.6. The lowest BCUT2D eigenvalue weighted by atomic mass is 9.82. The third-order valence-corrected chi connectivity index (χ3v) is 10.8. The summed E-state index contributed by atoms with van der Waals surface area (Å²) in [7, 11) is 0.